The Morgan fingerprint density at radius 1 is 0.926 bits per heavy atom. The van der Waals surface area contributed by atoms with E-state index >= 15 is 0 Å². The van der Waals surface area contributed by atoms with Crippen LogP contribution in [-0.4, -0.2) is 19.1 Å². The number of nitrogens with zero attached hydrogens (tertiary/aromatic N) is 1. The lowest BCUT2D eigenvalue weighted by Gasteiger charge is -2.18. The summed E-state index contributed by atoms with van der Waals surface area (Å²) in [5, 5.41) is 5.97. The van der Waals surface area contributed by atoms with Crippen LogP contribution in [0.1, 0.15) is 62.3 Å². The van der Waals surface area contributed by atoms with Crippen molar-refractivity contribution in [1.29, 1.82) is 0 Å². The van der Waals surface area contributed by atoms with Gasteiger partial charge in [-0.2, -0.15) is 0 Å². The molecule has 2 N–H and O–H groups in total. The van der Waals surface area contributed by atoms with Gasteiger partial charge in [0.2, 0.25) is 0 Å². The largest absolute Gasteiger partial charge is 0.372 e. The van der Waals surface area contributed by atoms with Gasteiger partial charge in [0.1, 0.15) is 0 Å². The number of hydrogen-bond donors (Lipinski definition) is 2. The molecule has 27 heavy (non-hydrogen) atoms. The first kappa shape index (κ1) is 19.3. The molecule has 0 spiro atoms. The zero-order chi connectivity index (χ0) is 19.2. The topological polar surface area (TPSA) is 44.4 Å². The van der Waals surface area contributed by atoms with E-state index in [1.807, 2.05) is 6.92 Å². The lowest BCUT2D eigenvalue weighted by atomic mass is 10.00. The van der Waals surface area contributed by atoms with Gasteiger partial charge in [0.15, 0.2) is 0 Å². The Morgan fingerprint density at radius 2 is 1.52 bits per heavy atom. The van der Waals surface area contributed by atoms with E-state index in [9.17, 15) is 4.79 Å². The summed E-state index contributed by atoms with van der Waals surface area (Å²) in [6.07, 6.45) is 2.56. The van der Waals surface area contributed by atoms with Crippen LogP contribution in [0, 0.1) is 0 Å². The third-order valence-electron chi connectivity index (χ3n) is 5.31. The highest BCUT2D eigenvalue weighted by Crippen LogP contribution is 2.21. The Kier molecular flexibility index (Phi) is 6.38. The summed E-state index contributed by atoms with van der Waals surface area (Å²) in [4.78, 5) is 14.6. The fourth-order valence-corrected chi connectivity index (χ4v) is 3.48. The van der Waals surface area contributed by atoms with Crippen molar-refractivity contribution in [3.05, 3.63) is 65.2 Å². The first-order valence-corrected chi connectivity index (χ1v) is 10.0. The van der Waals surface area contributed by atoms with Crippen LogP contribution >= 0.6 is 0 Å². The molecule has 2 aromatic carbocycles. The molecule has 2 amide bonds. The van der Waals surface area contributed by atoms with Gasteiger partial charge in [-0.25, -0.2) is 4.79 Å². The summed E-state index contributed by atoms with van der Waals surface area (Å²) in [6.45, 7) is 9.20. The molecule has 2 aromatic rings. The Bertz CT molecular complexity index is 731. The third kappa shape index (κ3) is 5.25. The molecule has 4 heteroatoms. The number of rotatable bonds is 6. The van der Waals surface area contributed by atoms with Gasteiger partial charge >= 0.3 is 6.03 Å². The lowest BCUT2D eigenvalue weighted by Crippen LogP contribution is -2.36. The van der Waals surface area contributed by atoms with Gasteiger partial charge in [-0.15, -0.1) is 0 Å². The fourth-order valence-electron chi connectivity index (χ4n) is 3.48. The molecule has 1 atom stereocenters. The molecule has 1 fully saturated rings. The molecule has 0 bridgehead atoms. The Morgan fingerprint density at radius 3 is 2.11 bits per heavy atom. The maximum Gasteiger partial charge on any atom is 0.315 e. The van der Waals surface area contributed by atoms with Gasteiger partial charge in [-0.3, -0.25) is 0 Å². The van der Waals surface area contributed by atoms with Crippen LogP contribution in [0.3, 0.4) is 0 Å². The summed E-state index contributed by atoms with van der Waals surface area (Å²) in [6, 6.07) is 16.8. The quantitative estimate of drug-likeness (QED) is 0.759. The van der Waals surface area contributed by atoms with E-state index < -0.39 is 0 Å². The van der Waals surface area contributed by atoms with Gasteiger partial charge in [0.05, 0.1) is 6.04 Å². The minimum Gasteiger partial charge on any atom is -0.372 e. The van der Waals surface area contributed by atoms with Crippen molar-refractivity contribution in [2.45, 2.75) is 52.1 Å². The monoisotopic (exact) mass is 365 g/mol. The molecule has 1 aliphatic rings. The van der Waals surface area contributed by atoms with Gasteiger partial charge in [-0.1, -0.05) is 50.2 Å². The number of amides is 2. The molecular formula is C23H31N3O. The first-order chi connectivity index (χ1) is 13.0. The fraction of sp³-hybridized carbons (Fsp3) is 0.435. The van der Waals surface area contributed by atoms with E-state index in [1.54, 1.807) is 0 Å². The third-order valence-corrected chi connectivity index (χ3v) is 5.31. The second-order valence-electron chi connectivity index (χ2n) is 7.73. The van der Waals surface area contributed by atoms with E-state index in [-0.39, 0.29) is 12.1 Å². The van der Waals surface area contributed by atoms with Crippen LogP contribution in [-0.2, 0) is 6.54 Å². The zero-order valence-electron chi connectivity index (χ0n) is 16.7. The van der Waals surface area contributed by atoms with Crippen molar-refractivity contribution >= 4 is 11.7 Å². The Labute approximate surface area is 163 Å². The molecule has 1 heterocycles. The van der Waals surface area contributed by atoms with Crippen molar-refractivity contribution in [3.8, 4) is 0 Å². The van der Waals surface area contributed by atoms with Crippen LogP contribution in [0.2, 0.25) is 0 Å². The highest BCUT2D eigenvalue weighted by Gasteiger charge is 2.12. The summed E-state index contributed by atoms with van der Waals surface area (Å²) in [7, 11) is 0. The van der Waals surface area contributed by atoms with E-state index in [1.165, 1.54) is 24.1 Å². The van der Waals surface area contributed by atoms with Crippen molar-refractivity contribution in [1.82, 2.24) is 10.6 Å². The Balaban J connectivity index is 1.47. The molecule has 1 aliphatic heterocycles. The molecule has 0 saturated carbocycles. The number of anilines is 1. The molecule has 0 aliphatic carbocycles. The summed E-state index contributed by atoms with van der Waals surface area (Å²) >= 11 is 0. The second-order valence-corrected chi connectivity index (χ2v) is 7.73. The normalized spacial score (nSPS) is 15.0. The SMILES string of the molecule is CC(C)c1ccc(C(C)NC(=O)NCc2ccc(N3CCCC3)cc2)cc1. The van der Waals surface area contributed by atoms with Crippen LogP contribution in [0.5, 0.6) is 0 Å². The minimum atomic E-state index is -0.140. The van der Waals surface area contributed by atoms with Gasteiger partial charge in [0, 0.05) is 25.3 Å². The van der Waals surface area contributed by atoms with Crippen molar-refractivity contribution in [3.63, 3.8) is 0 Å². The van der Waals surface area contributed by atoms with Crippen molar-refractivity contribution in [2.24, 2.45) is 0 Å². The average Bonchev–Trinajstić information content (AvgIpc) is 3.21. The van der Waals surface area contributed by atoms with Crippen LogP contribution in [0.25, 0.3) is 0 Å². The smallest absolute Gasteiger partial charge is 0.315 e. The minimum absolute atomic E-state index is 0.0243. The second kappa shape index (κ2) is 8.94. The molecule has 1 saturated heterocycles. The molecule has 4 nitrogen and oxygen atoms in total. The first-order valence-electron chi connectivity index (χ1n) is 10.0. The molecule has 3 rings (SSSR count). The molecular weight excluding hydrogens is 334 g/mol. The summed E-state index contributed by atoms with van der Waals surface area (Å²) in [5.74, 6) is 0.516. The number of benzene rings is 2. The highest BCUT2D eigenvalue weighted by atomic mass is 16.2. The van der Waals surface area contributed by atoms with E-state index in [4.69, 9.17) is 0 Å². The van der Waals surface area contributed by atoms with Crippen molar-refractivity contribution in [2.75, 3.05) is 18.0 Å². The maximum atomic E-state index is 12.2. The van der Waals surface area contributed by atoms with E-state index in [0.717, 1.165) is 24.2 Å². The average molecular weight is 366 g/mol. The van der Waals surface area contributed by atoms with Crippen molar-refractivity contribution < 1.29 is 4.79 Å². The van der Waals surface area contributed by atoms with Crippen LogP contribution in [0.15, 0.2) is 48.5 Å². The summed E-state index contributed by atoms with van der Waals surface area (Å²) in [5.41, 5.74) is 4.82. The maximum absolute atomic E-state index is 12.2. The predicted octanol–water partition coefficient (Wildman–Crippen LogP) is 4.97. The van der Waals surface area contributed by atoms with Crippen LogP contribution < -0.4 is 15.5 Å². The number of nitrogens with one attached hydrogen (secondary N) is 2. The number of carbonyl (C=O) groups excluding carboxylic acids is 1. The number of hydrogen-bond acceptors (Lipinski definition) is 2. The molecule has 144 valence electrons. The van der Waals surface area contributed by atoms with Gasteiger partial charge in [-0.05, 0) is 54.5 Å². The van der Waals surface area contributed by atoms with Gasteiger partial charge < -0.3 is 15.5 Å². The molecule has 0 radical (unpaired) electrons. The van der Waals surface area contributed by atoms with E-state index in [0.29, 0.717) is 12.5 Å². The predicted molar refractivity (Wildman–Crippen MR) is 112 cm³/mol. The lowest BCUT2D eigenvalue weighted by molar-refractivity contribution is 0.237. The standard InChI is InChI=1S/C23H31N3O/c1-17(2)20-8-10-21(11-9-20)18(3)25-23(27)24-16-19-6-12-22(13-7-19)26-14-4-5-15-26/h6-13,17-18H,4-5,14-16H2,1-3H3,(H2,24,25,27). The molecule has 0 aromatic heterocycles. The number of carbonyl (C=O) groups is 1. The van der Waals surface area contributed by atoms with E-state index in [2.05, 4.69) is 77.9 Å². The highest BCUT2D eigenvalue weighted by molar-refractivity contribution is 5.74. The van der Waals surface area contributed by atoms with Crippen LogP contribution in [0.4, 0.5) is 10.5 Å². The van der Waals surface area contributed by atoms with Gasteiger partial charge in [0.25, 0.3) is 0 Å². The summed E-state index contributed by atoms with van der Waals surface area (Å²) < 4.78 is 0. The zero-order valence-corrected chi connectivity index (χ0v) is 16.7. The Hall–Kier alpha value is -2.49. The molecule has 1 unspecified atom stereocenters. The number of urea groups is 1.